The van der Waals surface area contributed by atoms with Crippen molar-refractivity contribution in [1.29, 1.82) is 0 Å². The number of benzene rings is 1. The minimum absolute atomic E-state index is 0.161. The van der Waals surface area contributed by atoms with Crippen LogP contribution in [0.1, 0.15) is 17.3 Å². The number of hydrogen-bond acceptors (Lipinski definition) is 3. The van der Waals surface area contributed by atoms with Gasteiger partial charge in [-0.15, -0.1) is 0 Å². The first-order valence-electron chi connectivity index (χ1n) is 4.35. The van der Waals surface area contributed by atoms with Gasteiger partial charge in [-0.1, -0.05) is 11.2 Å². The summed E-state index contributed by atoms with van der Waals surface area (Å²) in [5.74, 6) is -0.562. The van der Waals surface area contributed by atoms with Crippen LogP contribution >= 0.6 is 0 Å². The predicted octanol–water partition coefficient (Wildman–Crippen LogP) is 2.08. The summed E-state index contributed by atoms with van der Waals surface area (Å²) in [6, 6.07) is 4.11. The topological polar surface area (TPSA) is 98.1 Å². The Kier molecular flexibility index (Phi) is 3.54. The minimum atomic E-state index is -0.359. The maximum absolute atomic E-state index is 11.4. The molecule has 78 valence electrons. The molecule has 0 aliphatic rings. The normalized spacial score (nSPS) is 9.13. The van der Waals surface area contributed by atoms with E-state index >= 15 is 0 Å². The molecule has 6 nitrogen and oxygen atoms in total. The van der Waals surface area contributed by atoms with Gasteiger partial charge in [0, 0.05) is 17.1 Å². The van der Waals surface area contributed by atoms with Crippen molar-refractivity contribution in [2.75, 3.05) is 6.54 Å². The lowest BCUT2D eigenvalue weighted by Crippen LogP contribution is -2.22. The lowest BCUT2D eigenvalue weighted by molar-refractivity contribution is 0.0953. The fourth-order valence-electron chi connectivity index (χ4n) is 1.08. The quantitative estimate of drug-likeness (QED) is 0.449. The number of azide groups is 1. The van der Waals surface area contributed by atoms with Gasteiger partial charge >= 0.3 is 0 Å². The molecule has 15 heavy (non-hydrogen) atoms. The molecule has 0 fully saturated rings. The maximum Gasteiger partial charge on any atom is 0.255 e. The Hall–Kier alpha value is -2.20. The van der Waals surface area contributed by atoms with Crippen LogP contribution in [0.25, 0.3) is 10.4 Å². The van der Waals surface area contributed by atoms with Crippen molar-refractivity contribution in [2.45, 2.75) is 6.92 Å². The zero-order valence-corrected chi connectivity index (χ0v) is 8.14. The number of amides is 1. The van der Waals surface area contributed by atoms with Gasteiger partial charge in [-0.3, -0.25) is 4.79 Å². The summed E-state index contributed by atoms with van der Waals surface area (Å²) in [5, 5.41) is 15.3. The second-order valence-corrected chi connectivity index (χ2v) is 2.75. The number of carbonyl (C=O) groups excluding carboxylic acids is 1. The van der Waals surface area contributed by atoms with E-state index < -0.39 is 0 Å². The monoisotopic (exact) mass is 206 g/mol. The second-order valence-electron chi connectivity index (χ2n) is 2.75. The molecule has 0 heterocycles. The summed E-state index contributed by atoms with van der Waals surface area (Å²) < 4.78 is 0. The van der Waals surface area contributed by atoms with Gasteiger partial charge in [0.25, 0.3) is 5.91 Å². The average molecular weight is 206 g/mol. The van der Waals surface area contributed by atoms with Crippen LogP contribution in [0.2, 0.25) is 0 Å². The summed E-state index contributed by atoms with van der Waals surface area (Å²) in [6.07, 6.45) is 0. The first-order chi connectivity index (χ1) is 7.19. The summed E-state index contributed by atoms with van der Waals surface area (Å²) in [7, 11) is 0. The van der Waals surface area contributed by atoms with Crippen molar-refractivity contribution in [3.63, 3.8) is 0 Å². The lowest BCUT2D eigenvalue weighted by Gasteiger charge is -2.04. The van der Waals surface area contributed by atoms with Crippen molar-refractivity contribution in [3.8, 4) is 5.75 Å². The number of aromatic hydroxyl groups is 1. The van der Waals surface area contributed by atoms with Gasteiger partial charge in [0.15, 0.2) is 0 Å². The Balaban J connectivity index is 3.02. The summed E-state index contributed by atoms with van der Waals surface area (Å²) >= 11 is 0. The fourth-order valence-corrected chi connectivity index (χ4v) is 1.08. The molecule has 0 radical (unpaired) electrons. The summed E-state index contributed by atoms with van der Waals surface area (Å²) in [4.78, 5) is 13.9. The van der Waals surface area contributed by atoms with E-state index in [1.54, 1.807) is 6.92 Å². The van der Waals surface area contributed by atoms with E-state index in [2.05, 4.69) is 15.3 Å². The van der Waals surface area contributed by atoms with E-state index in [0.29, 0.717) is 6.54 Å². The molecule has 0 spiro atoms. The third kappa shape index (κ3) is 2.62. The SMILES string of the molecule is CCNC(=O)c1ccc(N=[N+]=[N-])cc1O. The van der Waals surface area contributed by atoms with Gasteiger partial charge in [0.05, 0.1) is 5.56 Å². The van der Waals surface area contributed by atoms with Crippen LogP contribution in [0, 0.1) is 0 Å². The van der Waals surface area contributed by atoms with Gasteiger partial charge in [0.2, 0.25) is 0 Å². The first kappa shape index (κ1) is 10.9. The molecule has 0 atom stereocenters. The molecule has 1 aromatic rings. The highest BCUT2D eigenvalue weighted by molar-refractivity contribution is 5.97. The van der Waals surface area contributed by atoms with Crippen LogP contribution in [-0.4, -0.2) is 17.6 Å². The van der Waals surface area contributed by atoms with E-state index in [0.717, 1.165) is 0 Å². The van der Waals surface area contributed by atoms with Crippen molar-refractivity contribution >= 4 is 11.6 Å². The third-order valence-corrected chi connectivity index (χ3v) is 1.72. The van der Waals surface area contributed by atoms with Gasteiger partial charge in [-0.05, 0) is 24.6 Å². The molecule has 0 saturated carbocycles. The number of phenols is 1. The van der Waals surface area contributed by atoms with Gasteiger partial charge in [-0.25, -0.2) is 0 Å². The summed E-state index contributed by atoms with van der Waals surface area (Å²) in [6.45, 7) is 2.26. The number of phenolic OH excluding ortho intramolecular Hbond substituents is 1. The highest BCUT2D eigenvalue weighted by Gasteiger charge is 2.09. The van der Waals surface area contributed by atoms with Crippen molar-refractivity contribution in [3.05, 3.63) is 34.2 Å². The molecular formula is C9H10N4O2. The number of hydrogen-bond donors (Lipinski definition) is 2. The largest absolute Gasteiger partial charge is 0.507 e. The minimum Gasteiger partial charge on any atom is -0.507 e. The molecule has 1 amide bonds. The Morgan fingerprint density at radius 2 is 2.40 bits per heavy atom. The molecule has 0 bridgehead atoms. The molecule has 0 aliphatic heterocycles. The Labute approximate surface area is 86.2 Å². The molecule has 2 N–H and O–H groups in total. The van der Waals surface area contributed by atoms with E-state index in [1.807, 2.05) is 0 Å². The molecule has 0 unspecified atom stereocenters. The van der Waals surface area contributed by atoms with E-state index in [-0.39, 0.29) is 22.9 Å². The highest BCUT2D eigenvalue weighted by Crippen LogP contribution is 2.23. The smallest absolute Gasteiger partial charge is 0.255 e. The van der Waals surface area contributed by atoms with Crippen molar-refractivity contribution in [2.24, 2.45) is 5.11 Å². The predicted molar refractivity (Wildman–Crippen MR) is 54.9 cm³/mol. The highest BCUT2D eigenvalue weighted by atomic mass is 16.3. The zero-order valence-electron chi connectivity index (χ0n) is 8.14. The van der Waals surface area contributed by atoms with Gasteiger partial charge in [0.1, 0.15) is 5.75 Å². The van der Waals surface area contributed by atoms with Crippen LogP contribution in [0.15, 0.2) is 23.3 Å². The average Bonchev–Trinajstić information content (AvgIpc) is 2.18. The van der Waals surface area contributed by atoms with Gasteiger partial charge in [-0.2, -0.15) is 0 Å². The van der Waals surface area contributed by atoms with Crippen molar-refractivity contribution < 1.29 is 9.90 Å². The zero-order chi connectivity index (χ0) is 11.3. The first-order valence-corrected chi connectivity index (χ1v) is 4.35. The summed E-state index contributed by atoms with van der Waals surface area (Å²) in [5.41, 5.74) is 8.60. The standard InChI is InChI=1S/C9H10N4O2/c1-2-11-9(15)7-4-3-6(12-13-10)5-8(7)14/h3-5,14H,2H2,1H3,(H,11,15). The third-order valence-electron chi connectivity index (χ3n) is 1.72. The molecule has 1 aromatic carbocycles. The Bertz CT molecular complexity index is 424. The van der Waals surface area contributed by atoms with Crippen LogP contribution in [0.3, 0.4) is 0 Å². The van der Waals surface area contributed by atoms with Crippen LogP contribution in [0.5, 0.6) is 5.75 Å². The molecule has 0 aliphatic carbocycles. The van der Waals surface area contributed by atoms with Gasteiger partial charge < -0.3 is 10.4 Å². The molecule has 0 aromatic heterocycles. The number of carbonyl (C=O) groups is 1. The lowest BCUT2D eigenvalue weighted by atomic mass is 10.1. The van der Waals surface area contributed by atoms with E-state index in [4.69, 9.17) is 5.53 Å². The molecule has 1 rings (SSSR count). The second kappa shape index (κ2) is 4.88. The van der Waals surface area contributed by atoms with E-state index in [1.165, 1.54) is 18.2 Å². The molecule has 0 saturated heterocycles. The fraction of sp³-hybridized carbons (Fsp3) is 0.222. The molecular weight excluding hydrogens is 196 g/mol. The Morgan fingerprint density at radius 3 is 2.93 bits per heavy atom. The van der Waals surface area contributed by atoms with Crippen molar-refractivity contribution in [1.82, 2.24) is 5.32 Å². The van der Waals surface area contributed by atoms with Crippen LogP contribution < -0.4 is 5.32 Å². The van der Waals surface area contributed by atoms with Crippen LogP contribution in [0.4, 0.5) is 5.69 Å². The Morgan fingerprint density at radius 1 is 1.67 bits per heavy atom. The number of nitrogens with one attached hydrogen (secondary N) is 1. The van der Waals surface area contributed by atoms with Crippen LogP contribution in [-0.2, 0) is 0 Å². The maximum atomic E-state index is 11.4. The molecule has 6 heteroatoms. The number of rotatable bonds is 3. The van der Waals surface area contributed by atoms with E-state index in [9.17, 15) is 9.90 Å². The number of nitrogens with zero attached hydrogens (tertiary/aromatic N) is 3.